The van der Waals surface area contributed by atoms with E-state index in [2.05, 4.69) is 169 Å². The Kier molecular flexibility index (Phi) is 7.66. The average Bonchev–Trinajstić information content (AvgIpc) is 3.74. The number of amidine groups is 1. The molecule has 1 aliphatic heterocycles. The molecule has 4 nitrogen and oxygen atoms in total. The summed E-state index contributed by atoms with van der Waals surface area (Å²) in [5.41, 5.74) is 12.2. The van der Waals surface area contributed by atoms with E-state index < -0.39 is 0 Å². The van der Waals surface area contributed by atoms with Crippen molar-refractivity contribution >= 4 is 71.4 Å². The van der Waals surface area contributed by atoms with E-state index in [0.29, 0.717) is 6.42 Å². The van der Waals surface area contributed by atoms with Gasteiger partial charge in [-0.05, 0) is 47.7 Å². The van der Waals surface area contributed by atoms with E-state index in [1.165, 1.54) is 37.5 Å². The summed E-state index contributed by atoms with van der Waals surface area (Å²) in [5.74, 6) is 0.735. The molecule has 252 valence electrons. The van der Waals surface area contributed by atoms with Gasteiger partial charge in [0.05, 0.1) is 38.3 Å². The molecule has 0 radical (unpaired) electrons. The predicted molar refractivity (Wildman–Crippen MR) is 225 cm³/mol. The highest BCUT2D eigenvalue weighted by molar-refractivity contribution is 7.21. The Bertz CT molecular complexity index is 2910. The van der Waals surface area contributed by atoms with Crippen molar-refractivity contribution in [2.75, 3.05) is 0 Å². The summed E-state index contributed by atoms with van der Waals surface area (Å²) in [6, 6.07) is 58.1. The van der Waals surface area contributed by atoms with E-state index >= 15 is 0 Å². The molecule has 0 bridgehead atoms. The van der Waals surface area contributed by atoms with Gasteiger partial charge in [0.1, 0.15) is 5.01 Å². The first-order valence-corrected chi connectivity index (χ1v) is 19.0. The molecular formula is C48H34N4S. The third-order valence-electron chi connectivity index (χ3n) is 10.4. The van der Waals surface area contributed by atoms with Crippen molar-refractivity contribution in [1.82, 2.24) is 9.55 Å². The standard InChI is InChI=1S/C48H34N4S/c1-2-31-30-41(49-47(33-18-7-4-8-19-33)51-45(31)32-16-5-3-6-17-32)35-28-29-43(36-21-10-9-20-34(35)36)52-42-26-13-11-22-37(42)38-23-15-24-39(46(38)52)48-50-40-25-12-14-27-44(40)53-48/h3-29H,2,30H2,1H3. The van der Waals surface area contributed by atoms with E-state index in [-0.39, 0.29) is 0 Å². The zero-order chi connectivity index (χ0) is 35.3. The van der Waals surface area contributed by atoms with Crippen LogP contribution in [0.4, 0.5) is 0 Å². The van der Waals surface area contributed by atoms with Crippen LogP contribution in [0, 0.1) is 0 Å². The Morgan fingerprint density at radius 1 is 0.566 bits per heavy atom. The number of thiazole rings is 1. The smallest absolute Gasteiger partial charge is 0.160 e. The Labute approximate surface area is 311 Å². The Balaban J connectivity index is 1.21. The summed E-state index contributed by atoms with van der Waals surface area (Å²) >= 11 is 1.75. The fourth-order valence-electron chi connectivity index (χ4n) is 7.85. The maximum absolute atomic E-state index is 5.42. The third kappa shape index (κ3) is 5.32. The normalized spacial score (nSPS) is 13.5. The van der Waals surface area contributed by atoms with E-state index in [1.54, 1.807) is 11.3 Å². The van der Waals surface area contributed by atoms with Crippen LogP contribution in [0.3, 0.4) is 0 Å². The van der Waals surface area contributed by atoms with Gasteiger partial charge in [-0.25, -0.2) is 15.0 Å². The zero-order valence-electron chi connectivity index (χ0n) is 29.2. The molecule has 0 saturated carbocycles. The number of hydrogen-bond donors (Lipinski definition) is 0. The largest absolute Gasteiger partial charge is 0.308 e. The van der Waals surface area contributed by atoms with E-state index in [4.69, 9.17) is 15.0 Å². The topological polar surface area (TPSA) is 42.5 Å². The first-order valence-electron chi connectivity index (χ1n) is 18.1. The van der Waals surface area contributed by atoms with Crippen LogP contribution in [0.2, 0.25) is 0 Å². The summed E-state index contributed by atoms with van der Waals surface area (Å²) in [7, 11) is 0. The van der Waals surface area contributed by atoms with Crippen LogP contribution >= 0.6 is 11.3 Å². The summed E-state index contributed by atoms with van der Waals surface area (Å²) in [6.07, 6.45) is 1.59. The fraction of sp³-hybridized carbons (Fsp3) is 0.0625. The highest BCUT2D eigenvalue weighted by Gasteiger charge is 2.23. The van der Waals surface area contributed by atoms with Crippen molar-refractivity contribution in [3.8, 4) is 16.3 Å². The molecule has 3 heterocycles. The van der Waals surface area contributed by atoms with Crippen molar-refractivity contribution in [3.05, 3.63) is 186 Å². The molecule has 0 saturated heterocycles. The minimum absolute atomic E-state index is 0.709. The Morgan fingerprint density at radius 2 is 1.25 bits per heavy atom. The van der Waals surface area contributed by atoms with Gasteiger partial charge in [0.15, 0.2) is 5.84 Å². The molecule has 2 aromatic heterocycles. The molecule has 0 atom stereocenters. The number of nitrogens with zero attached hydrogens (tertiary/aromatic N) is 4. The second-order valence-electron chi connectivity index (χ2n) is 13.4. The molecule has 0 aliphatic carbocycles. The molecule has 7 aromatic carbocycles. The van der Waals surface area contributed by atoms with Gasteiger partial charge in [0.25, 0.3) is 0 Å². The quantitative estimate of drug-likeness (QED) is 0.170. The highest BCUT2D eigenvalue weighted by Crippen LogP contribution is 2.42. The van der Waals surface area contributed by atoms with Gasteiger partial charge in [-0.3, -0.25) is 0 Å². The fourth-order valence-corrected chi connectivity index (χ4v) is 8.84. The lowest BCUT2D eigenvalue weighted by Gasteiger charge is -2.17. The van der Waals surface area contributed by atoms with Gasteiger partial charge in [-0.2, -0.15) is 0 Å². The molecular weight excluding hydrogens is 665 g/mol. The molecule has 0 unspecified atom stereocenters. The summed E-state index contributed by atoms with van der Waals surface area (Å²) in [4.78, 5) is 15.9. The molecule has 1 aliphatic rings. The van der Waals surface area contributed by atoms with Crippen LogP contribution < -0.4 is 0 Å². The van der Waals surface area contributed by atoms with Gasteiger partial charge in [0, 0.05) is 44.8 Å². The van der Waals surface area contributed by atoms with Crippen LogP contribution in [0.5, 0.6) is 0 Å². The van der Waals surface area contributed by atoms with Crippen molar-refractivity contribution in [2.45, 2.75) is 19.8 Å². The van der Waals surface area contributed by atoms with Crippen molar-refractivity contribution < 1.29 is 0 Å². The number of allylic oxidation sites excluding steroid dienone is 1. The van der Waals surface area contributed by atoms with Crippen LogP contribution in [-0.2, 0) is 0 Å². The molecule has 10 rings (SSSR count). The second kappa shape index (κ2) is 13.0. The van der Waals surface area contributed by atoms with Crippen LogP contribution in [-0.4, -0.2) is 21.1 Å². The minimum Gasteiger partial charge on any atom is -0.308 e. The van der Waals surface area contributed by atoms with Gasteiger partial charge in [-0.1, -0.05) is 140 Å². The van der Waals surface area contributed by atoms with Crippen LogP contribution in [0.15, 0.2) is 179 Å². The first kappa shape index (κ1) is 31.3. The summed E-state index contributed by atoms with van der Waals surface area (Å²) in [6.45, 7) is 2.23. The number of rotatable bonds is 6. The lowest BCUT2D eigenvalue weighted by Crippen LogP contribution is -2.08. The van der Waals surface area contributed by atoms with E-state index in [0.717, 1.165) is 67.5 Å². The zero-order valence-corrected chi connectivity index (χ0v) is 30.0. The average molecular weight is 699 g/mol. The first-order chi connectivity index (χ1) is 26.2. The Hall–Kier alpha value is -6.43. The van der Waals surface area contributed by atoms with Crippen LogP contribution in [0.1, 0.15) is 36.5 Å². The SMILES string of the molecule is CCC1=C(c2ccccc2)N=C(c2ccccc2)N=C(c2ccc(-n3c4ccccc4c4cccc(-c5nc6ccccc6s5)c43)c3ccccc23)C1. The molecule has 0 spiro atoms. The molecule has 0 fully saturated rings. The van der Waals surface area contributed by atoms with Crippen molar-refractivity contribution in [3.63, 3.8) is 0 Å². The van der Waals surface area contributed by atoms with Gasteiger partial charge in [-0.15, -0.1) is 11.3 Å². The number of fused-ring (bicyclic) bond motifs is 5. The van der Waals surface area contributed by atoms with Gasteiger partial charge >= 0.3 is 0 Å². The van der Waals surface area contributed by atoms with E-state index in [1.807, 2.05) is 6.07 Å². The number of aliphatic imine (C=N–C) groups is 2. The monoisotopic (exact) mass is 698 g/mol. The minimum atomic E-state index is 0.709. The molecule has 9 aromatic rings. The van der Waals surface area contributed by atoms with Gasteiger partial charge < -0.3 is 4.57 Å². The van der Waals surface area contributed by atoms with E-state index in [9.17, 15) is 0 Å². The van der Waals surface area contributed by atoms with Crippen molar-refractivity contribution in [1.29, 1.82) is 0 Å². The van der Waals surface area contributed by atoms with Crippen LogP contribution in [0.25, 0.3) is 64.8 Å². The maximum Gasteiger partial charge on any atom is 0.160 e. The number of hydrogen-bond acceptors (Lipinski definition) is 4. The third-order valence-corrected chi connectivity index (χ3v) is 11.4. The molecule has 0 N–H and O–H groups in total. The number of para-hydroxylation sites is 3. The van der Waals surface area contributed by atoms with Gasteiger partial charge in [0.2, 0.25) is 0 Å². The predicted octanol–water partition coefficient (Wildman–Crippen LogP) is 12.7. The highest BCUT2D eigenvalue weighted by atomic mass is 32.1. The number of aromatic nitrogens is 2. The lowest BCUT2D eigenvalue weighted by atomic mass is 9.93. The maximum atomic E-state index is 5.42. The number of benzene rings is 7. The van der Waals surface area contributed by atoms with Crippen molar-refractivity contribution in [2.24, 2.45) is 9.98 Å². The summed E-state index contributed by atoms with van der Waals surface area (Å²) in [5, 5.41) is 5.80. The Morgan fingerprint density at radius 3 is 2.04 bits per heavy atom. The molecule has 0 amide bonds. The molecule has 5 heteroatoms. The molecule has 53 heavy (non-hydrogen) atoms. The second-order valence-corrected chi connectivity index (χ2v) is 14.5. The summed E-state index contributed by atoms with van der Waals surface area (Å²) < 4.78 is 3.64. The lowest BCUT2D eigenvalue weighted by molar-refractivity contribution is 1.05.